The molecular formula is C9H18N2O2S. The monoisotopic (exact) mass is 218 g/mol. The Balaban J connectivity index is 1.96. The van der Waals surface area contributed by atoms with Crippen molar-refractivity contribution in [2.75, 3.05) is 33.4 Å². The van der Waals surface area contributed by atoms with Crippen LogP contribution < -0.4 is 10.6 Å². The molecule has 1 saturated heterocycles. The molecule has 4 nitrogen and oxygen atoms in total. The first-order valence-corrected chi connectivity index (χ1v) is 5.36. The molecule has 1 rings (SSSR count). The third-order valence-corrected chi connectivity index (χ3v) is 2.39. The van der Waals surface area contributed by atoms with Gasteiger partial charge < -0.3 is 20.1 Å². The van der Waals surface area contributed by atoms with Gasteiger partial charge in [0.15, 0.2) is 5.11 Å². The Kier molecular flexibility index (Phi) is 5.82. The van der Waals surface area contributed by atoms with Gasteiger partial charge in [0.25, 0.3) is 0 Å². The summed E-state index contributed by atoms with van der Waals surface area (Å²) >= 11 is 5.07. The van der Waals surface area contributed by atoms with E-state index in [1.54, 1.807) is 7.11 Å². The van der Waals surface area contributed by atoms with Crippen LogP contribution >= 0.6 is 12.2 Å². The summed E-state index contributed by atoms with van der Waals surface area (Å²) in [4.78, 5) is 0. The number of rotatable bonds is 5. The van der Waals surface area contributed by atoms with E-state index in [0.717, 1.165) is 32.5 Å². The van der Waals surface area contributed by atoms with Crippen LogP contribution in [0.25, 0.3) is 0 Å². The molecule has 14 heavy (non-hydrogen) atoms. The Morgan fingerprint density at radius 2 is 2.43 bits per heavy atom. The minimum absolute atomic E-state index is 0.331. The minimum Gasteiger partial charge on any atom is -0.383 e. The Hall–Kier alpha value is -0.390. The number of hydrogen-bond donors (Lipinski definition) is 2. The quantitative estimate of drug-likeness (QED) is 0.512. The molecule has 0 aromatic carbocycles. The predicted octanol–water partition coefficient (Wildman–Crippen LogP) is 0.276. The zero-order chi connectivity index (χ0) is 10.2. The normalized spacial score (nSPS) is 20.8. The highest BCUT2D eigenvalue weighted by Gasteiger charge is 2.14. The molecule has 0 spiro atoms. The summed E-state index contributed by atoms with van der Waals surface area (Å²) in [6.07, 6.45) is 2.63. The van der Waals surface area contributed by atoms with Crippen molar-refractivity contribution in [2.45, 2.75) is 18.9 Å². The summed E-state index contributed by atoms with van der Waals surface area (Å²) in [5, 5.41) is 6.85. The van der Waals surface area contributed by atoms with E-state index in [1.807, 2.05) is 0 Å². The van der Waals surface area contributed by atoms with Crippen molar-refractivity contribution >= 4 is 17.3 Å². The van der Waals surface area contributed by atoms with Gasteiger partial charge in [-0.25, -0.2) is 0 Å². The molecular weight excluding hydrogens is 200 g/mol. The number of methoxy groups -OCH3 is 1. The van der Waals surface area contributed by atoms with Crippen LogP contribution in [-0.4, -0.2) is 44.6 Å². The van der Waals surface area contributed by atoms with E-state index in [4.69, 9.17) is 21.7 Å². The second kappa shape index (κ2) is 6.98. The van der Waals surface area contributed by atoms with Crippen LogP contribution in [0.15, 0.2) is 0 Å². The van der Waals surface area contributed by atoms with Gasteiger partial charge in [0, 0.05) is 26.8 Å². The lowest BCUT2D eigenvalue weighted by Crippen LogP contribution is -2.40. The van der Waals surface area contributed by atoms with Crippen molar-refractivity contribution in [2.24, 2.45) is 0 Å². The molecule has 5 heteroatoms. The summed E-state index contributed by atoms with van der Waals surface area (Å²) < 4.78 is 10.3. The number of nitrogens with one attached hydrogen (secondary N) is 2. The van der Waals surface area contributed by atoms with Crippen LogP contribution in [0.5, 0.6) is 0 Å². The summed E-state index contributed by atoms with van der Waals surface area (Å²) in [6, 6.07) is 0. The van der Waals surface area contributed by atoms with E-state index in [0.29, 0.717) is 17.8 Å². The van der Waals surface area contributed by atoms with Crippen molar-refractivity contribution in [1.82, 2.24) is 10.6 Å². The molecule has 2 N–H and O–H groups in total. The van der Waals surface area contributed by atoms with E-state index >= 15 is 0 Å². The Morgan fingerprint density at radius 3 is 3.07 bits per heavy atom. The van der Waals surface area contributed by atoms with E-state index in [2.05, 4.69) is 10.6 Å². The fourth-order valence-electron chi connectivity index (χ4n) is 1.34. The Bertz CT molecular complexity index is 172. The molecule has 0 aromatic heterocycles. The van der Waals surface area contributed by atoms with Crippen molar-refractivity contribution < 1.29 is 9.47 Å². The van der Waals surface area contributed by atoms with Gasteiger partial charge in [-0.1, -0.05) is 0 Å². The van der Waals surface area contributed by atoms with E-state index < -0.39 is 0 Å². The van der Waals surface area contributed by atoms with Gasteiger partial charge >= 0.3 is 0 Å². The zero-order valence-corrected chi connectivity index (χ0v) is 9.36. The van der Waals surface area contributed by atoms with Gasteiger partial charge in [0.2, 0.25) is 0 Å². The molecule has 0 bridgehead atoms. The largest absolute Gasteiger partial charge is 0.383 e. The highest BCUT2D eigenvalue weighted by atomic mass is 32.1. The van der Waals surface area contributed by atoms with Crippen LogP contribution in [0.2, 0.25) is 0 Å². The highest BCUT2D eigenvalue weighted by molar-refractivity contribution is 7.80. The van der Waals surface area contributed by atoms with Crippen LogP contribution in [0.4, 0.5) is 0 Å². The van der Waals surface area contributed by atoms with Gasteiger partial charge in [-0.3, -0.25) is 0 Å². The third-order valence-electron chi connectivity index (χ3n) is 2.11. The number of thiocarbonyl (C=S) groups is 1. The second-order valence-electron chi connectivity index (χ2n) is 3.26. The van der Waals surface area contributed by atoms with Crippen molar-refractivity contribution in [3.05, 3.63) is 0 Å². The molecule has 1 fully saturated rings. The van der Waals surface area contributed by atoms with Crippen molar-refractivity contribution in [3.8, 4) is 0 Å². The molecule has 82 valence electrons. The van der Waals surface area contributed by atoms with Gasteiger partial charge in [0.05, 0.1) is 12.7 Å². The molecule has 0 amide bonds. The molecule has 0 saturated carbocycles. The van der Waals surface area contributed by atoms with E-state index in [9.17, 15) is 0 Å². The van der Waals surface area contributed by atoms with E-state index in [1.165, 1.54) is 0 Å². The van der Waals surface area contributed by atoms with Crippen LogP contribution in [0.3, 0.4) is 0 Å². The molecule has 0 aromatic rings. The number of ether oxygens (including phenoxy) is 2. The van der Waals surface area contributed by atoms with Crippen molar-refractivity contribution in [1.29, 1.82) is 0 Å². The molecule has 1 aliphatic heterocycles. The lowest BCUT2D eigenvalue weighted by molar-refractivity contribution is 0.114. The molecule has 1 atom stereocenters. The lowest BCUT2D eigenvalue weighted by atomic mass is 10.2. The first kappa shape index (κ1) is 11.7. The molecule has 0 aliphatic carbocycles. The van der Waals surface area contributed by atoms with Gasteiger partial charge in [-0.05, 0) is 25.1 Å². The smallest absolute Gasteiger partial charge is 0.166 e. The Labute approximate surface area is 90.3 Å². The third kappa shape index (κ3) is 4.74. The van der Waals surface area contributed by atoms with Crippen LogP contribution in [0, 0.1) is 0 Å². The maximum atomic E-state index is 5.45. The fraction of sp³-hybridized carbons (Fsp3) is 0.889. The topological polar surface area (TPSA) is 42.5 Å². The maximum Gasteiger partial charge on any atom is 0.166 e. The maximum absolute atomic E-state index is 5.45. The SMILES string of the molecule is COCCNC(=S)NC[C@@H]1CCCO1. The van der Waals surface area contributed by atoms with Crippen molar-refractivity contribution in [3.63, 3.8) is 0 Å². The predicted molar refractivity (Wildman–Crippen MR) is 59.5 cm³/mol. The lowest BCUT2D eigenvalue weighted by Gasteiger charge is -2.13. The number of hydrogen-bond acceptors (Lipinski definition) is 3. The summed E-state index contributed by atoms with van der Waals surface area (Å²) in [7, 11) is 1.67. The first-order valence-electron chi connectivity index (χ1n) is 4.95. The molecule has 0 radical (unpaired) electrons. The zero-order valence-electron chi connectivity index (χ0n) is 8.54. The Morgan fingerprint density at radius 1 is 1.57 bits per heavy atom. The van der Waals surface area contributed by atoms with Gasteiger partial charge in [0.1, 0.15) is 0 Å². The average molecular weight is 218 g/mol. The highest BCUT2D eigenvalue weighted by Crippen LogP contribution is 2.10. The van der Waals surface area contributed by atoms with Gasteiger partial charge in [-0.2, -0.15) is 0 Å². The standard InChI is InChI=1S/C9H18N2O2S/c1-12-6-4-10-9(14)11-7-8-3-2-5-13-8/h8H,2-7H2,1H3,(H2,10,11,14)/t8-/m0/s1. The van der Waals surface area contributed by atoms with Crippen LogP contribution in [-0.2, 0) is 9.47 Å². The van der Waals surface area contributed by atoms with E-state index in [-0.39, 0.29) is 0 Å². The molecule has 1 heterocycles. The summed E-state index contributed by atoms with van der Waals surface area (Å²) in [6.45, 7) is 3.10. The van der Waals surface area contributed by atoms with Crippen LogP contribution in [0.1, 0.15) is 12.8 Å². The summed E-state index contributed by atoms with van der Waals surface area (Å²) in [5.41, 5.74) is 0. The fourth-order valence-corrected chi connectivity index (χ4v) is 1.53. The second-order valence-corrected chi connectivity index (χ2v) is 3.67. The van der Waals surface area contributed by atoms with Gasteiger partial charge in [-0.15, -0.1) is 0 Å². The average Bonchev–Trinajstić information content (AvgIpc) is 2.68. The first-order chi connectivity index (χ1) is 6.83. The summed E-state index contributed by atoms with van der Waals surface area (Å²) in [5.74, 6) is 0. The molecule has 0 unspecified atom stereocenters. The molecule has 1 aliphatic rings. The minimum atomic E-state index is 0.331.